The van der Waals surface area contributed by atoms with Crippen LogP contribution in [0.25, 0.3) is 5.69 Å². The summed E-state index contributed by atoms with van der Waals surface area (Å²) >= 11 is 0. The summed E-state index contributed by atoms with van der Waals surface area (Å²) in [6.07, 6.45) is 6.63. The summed E-state index contributed by atoms with van der Waals surface area (Å²) in [4.78, 5) is 17.3. The average Bonchev–Trinajstić information content (AvgIpc) is 3.09. The van der Waals surface area contributed by atoms with E-state index in [1.165, 1.54) is 4.80 Å². The third kappa shape index (κ3) is 3.45. The molecule has 2 aromatic heterocycles. The number of nitrogens with one attached hydrogen (secondary N) is 2. The van der Waals surface area contributed by atoms with Crippen molar-refractivity contribution in [3.05, 3.63) is 66.7 Å². The number of aromatic nitrogens is 4. The Morgan fingerprint density at radius 3 is 2.50 bits per heavy atom. The van der Waals surface area contributed by atoms with Gasteiger partial charge < -0.3 is 10.6 Å². The number of carbonyl (C=O) groups is 1. The van der Waals surface area contributed by atoms with Crippen LogP contribution in [0.2, 0.25) is 0 Å². The van der Waals surface area contributed by atoms with Crippen molar-refractivity contribution >= 4 is 11.7 Å². The molecule has 0 unspecified atom stereocenters. The quantitative estimate of drug-likeness (QED) is 0.770. The van der Waals surface area contributed by atoms with Crippen molar-refractivity contribution in [3.63, 3.8) is 0 Å². The molecule has 7 heteroatoms. The fourth-order valence-corrected chi connectivity index (χ4v) is 1.89. The Hall–Kier alpha value is -3.22. The standard InChI is InChI=1S/C15H14N6O/c22-15(17-11-12-2-1-7-16-10-12)20-13-3-5-14(6-4-13)21-18-8-9-19-21/h1-10H,11H2,(H2,17,20,22). The van der Waals surface area contributed by atoms with E-state index < -0.39 is 0 Å². The van der Waals surface area contributed by atoms with Gasteiger partial charge in [-0.3, -0.25) is 4.98 Å². The molecule has 3 rings (SSSR count). The van der Waals surface area contributed by atoms with Crippen LogP contribution in [-0.2, 0) is 6.54 Å². The smallest absolute Gasteiger partial charge is 0.319 e. The van der Waals surface area contributed by atoms with Gasteiger partial charge in [0.05, 0.1) is 18.1 Å². The lowest BCUT2D eigenvalue weighted by atomic mass is 10.3. The third-order valence-electron chi connectivity index (χ3n) is 2.95. The van der Waals surface area contributed by atoms with Crippen LogP contribution in [0.5, 0.6) is 0 Å². The van der Waals surface area contributed by atoms with E-state index in [0.29, 0.717) is 12.2 Å². The van der Waals surface area contributed by atoms with Crippen LogP contribution >= 0.6 is 0 Å². The summed E-state index contributed by atoms with van der Waals surface area (Å²) in [6.45, 7) is 0.426. The first kappa shape index (κ1) is 13.7. The predicted molar refractivity (Wildman–Crippen MR) is 81.5 cm³/mol. The number of hydrogen-bond donors (Lipinski definition) is 2. The van der Waals surface area contributed by atoms with E-state index in [0.717, 1.165) is 11.3 Å². The maximum absolute atomic E-state index is 11.8. The van der Waals surface area contributed by atoms with E-state index in [1.807, 2.05) is 24.3 Å². The molecule has 2 N–H and O–H groups in total. The van der Waals surface area contributed by atoms with Crippen LogP contribution in [0.1, 0.15) is 5.56 Å². The summed E-state index contributed by atoms with van der Waals surface area (Å²) in [5.41, 5.74) is 2.46. The maximum Gasteiger partial charge on any atom is 0.319 e. The van der Waals surface area contributed by atoms with E-state index >= 15 is 0 Å². The monoisotopic (exact) mass is 294 g/mol. The van der Waals surface area contributed by atoms with Crippen molar-refractivity contribution in [2.24, 2.45) is 0 Å². The zero-order valence-electron chi connectivity index (χ0n) is 11.7. The molecule has 0 aliphatic rings. The van der Waals surface area contributed by atoms with Gasteiger partial charge in [0.25, 0.3) is 0 Å². The zero-order chi connectivity index (χ0) is 15.2. The van der Waals surface area contributed by atoms with E-state index in [9.17, 15) is 4.79 Å². The second kappa shape index (κ2) is 6.49. The molecule has 0 aliphatic carbocycles. The molecule has 0 atom stereocenters. The number of urea groups is 1. The van der Waals surface area contributed by atoms with Crippen molar-refractivity contribution in [3.8, 4) is 5.69 Å². The molecule has 22 heavy (non-hydrogen) atoms. The van der Waals surface area contributed by atoms with Crippen LogP contribution < -0.4 is 10.6 Å². The number of anilines is 1. The molecule has 2 amide bonds. The van der Waals surface area contributed by atoms with Gasteiger partial charge in [-0.25, -0.2) is 4.79 Å². The van der Waals surface area contributed by atoms with E-state index in [1.54, 1.807) is 36.9 Å². The van der Waals surface area contributed by atoms with Crippen molar-refractivity contribution in [2.45, 2.75) is 6.54 Å². The second-order valence-corrected chi connectivity index (χ2v) is 4.53. The maximum atomic E-state index is 11.8. The lowest BCUT2D eigenvalue weighted by Crippen LogP contribution is -2.28. The van der Waals surface area contributed by atoms with Gasteiger partial charge in [-0.05, 0) is 35.9 Å². The molecule has 110 valence electrons. The molecule has 0 saturated carbocycles. The first-order chi connectivity index (χ1) is 10.8. The Labute approximate surface area is 127 Å². The number of carbonyl (C=O) groups excluding carboxylic acids is 1. The Morgan fingerprint density at radius 2 is 1.82 bits per heavy atom. The van der Waals surface area contributed by atoms with Crippen LogP contribution in [0, 0.1) is 0 Å². The molecular weight excluding hydrogens is 280 g/mol. The largest absolute Gasteiger partial charge is 0.334 e. The van der Waals surface area contributed by atoms with Crippen molar-refractivity contribution in [1.29, 1.82) is 0 Å². The minimum atomic E-state index is -0.270. The first-order valence-electron chi connectivity index (χ1n) is 6.72. The van der Waals surface area contributed by atoms with Crippen LogP contribution in [0.3, 0.4) is 0 Å². The summed E-state index contributed by atoms with van der Waals surface area (Å²) in [7, 11) is 0. The minimum absolute atomic E-state index is 0.270. The fourth-order valence-electron chi connectivity index (χ4n) is 1.89. The van der Waals surface area contributed by atoms with Gasteiger partial charge in [0, 0.05) is 24.6 Å². The highest BCUT2D eigenvalue weighted by Crippen LogP contribution is 2.11. The molecule has 0 saturated heterocycles. The van der Waals surface area contributed by atoms with E-state index in [2.05, 4.69) is 25.8 Å². The molecule has 0 spiro atoms. The topological polar surface area (TPSA) is 84.7 Å². The minimum Gasteiger partial charge on any atom is -0.334 e. The summed E-state index contributed by atoms with van der Waals surface area (Å²) in [5.74, 6) is 0. The highest BCUT2D eigenvalue weighted by Gasteiger charge is 2.03. The average molecular weight is 294 g/mol. The number of amides is 2. The highest BCUT2D eigenvalue weighted by molar-refractivity contribution is 5.89. The van der Waals surface area contributed by atoms with Crippen LogP contribution in [0.15, 0.2) is 61.2 Å². The van der Waals surface area contributed by atoms with Gasteiger partial charge in [-0.1, -0.05) is 6.07 Å². The van der Waals surface area contributed by atoms with E-state index in [4.69, 9.17) is 0 Å². The number of rotatable bonds is 4. The molecule has 0 bridgehead atoms. The number of benzene rings is 1. The SMILES string of the molecule is O=C(NCc1cccnc1)Nc1ccc(-n2nccn2)cc1. The lowest BCUT2D eigenvalue weighted by molar-refractivity contribution is 0.251. The Bertz CT molecular complexity index is 724. The fraction of sp³-hybridized carbons (Fsp3) is 0.0667. The lowest BCUT2D eigenvalue weighted by Gasteiger charge is -2.08. The number of hydrogen-bond acceptors (Lipinski definition) is 4. The molecule has 0 fully saturated rings. The molecular formula is C15H14N6O. The Balaban J connectivity index is 1.55. The predicted octanol–water partition coefficient (Wildman–Crippen LogP) is 1.98. The summed E-state index contributed by atoms with van der Waals surface area (Å²) < 4.78 is 0. The highest BCUT2D eigenvalue weighted by atomic mass is 16.2. The van der Waals surface area contributed by atoms with Gasteiger partial charge in [0.1, 0.15) is 0 Å². The second-order valence-electron chi connectivity index (χ2n) is 4.53. The summed E-state index contributed by atoms with van der Waals surface area (Å²) in [6, 6.07) is 10.7. The normalized spacial score (nSPS) is 10.2. The third-order valence-corrected chi connectivity index (χ3v) is 2.95. The van der Waals surface area contributed by atoms with Gasteiger partial charge >= 0.3 is 6.03 Å². The van der Waals surface area contributed by atoms with Crippen LogP contribution in [0.4, 0.5) is 10.5 Å². The van der Waals surface area contributed by atoms with E-state index in [-0.39, 0.29) is 6.03 Å². The van der Waals surface area contributed by atoms with Crippen LogP contribution in [-0.4, -0.2) is 26.0 Å². The number of nitrogens with zero attached hydrogens (tertiary/aromatic N) is 4. The molecule has 3 aromatic rings. The van der Waals surface area contributed by atoms with Gasteiger partial charge in [-0.2, -0.15) is 15.0 Å². The Morgan fingerprint density at radius 1 is 1.05 bits per heavy atom. The molecule has 7 nitrogen and oxygen atoms in total. The number of pyridine rings is 1. The molecule has 0 aliphatic heterocycles. The Kier molecular flexibility index (Phi) is 4.05. The van der Waals surface area contributed by atoms with Crippen molar-refractivity contribution < 1.29 is 4.79 Å². The molecule has 2 heterocycles. The van der Waals surface area contributed by atoms with Gasteiger partial charge in [0.2, 0.25) is 0 Å². The van der Waals surface area contributed by atoms with Crippen molar-refractivity contribution in [1.82, 2.24) is 25.3 Å². The van der Waals surface area contributed by atoms with Gasteiger partial charge in [0.15, 0.2) is 0 Å². The first-order valence-corrected chi connectivity index (χ1v) is 6.72. The molecule has 0 radical (unpaired) electrons. The molecule has 1 aromatic carbocycles. The zero-order valence-corrected chi connectivity index (χ0v) is 11.7. The summed E-state index contributed by atoms with van der Waals surface area (Å²) in [5, 5.41) is 13.6. The van der Waals surface area contributed by atoms with Crippen molar-refractivity contribution in [2.75, 3.05) is 5.32 Å². The van der Waals surface area contributed by atoms with Gasteiger partial charge in [-0.15, -0.1) is 0 Å².